The summed E-state index contributed by atoms with van der Waals surface area (Å²) < 4.78 is 5.77. The SMILES string of the molecule is CC1CN(c2ccc(NC(=O)CC3(O)CCCCC3)cc2)CC(C)O1. The van der Waals surface area contributed by atoms with E-state index in [4.69, 9.17) is 4.74 Å². The molecular weight excluding hydrogens is 316 g/mol. The van der Waals surface area contributed by atoms with E-state index in [1.807, 2.05) is 24.3 Å². The lowest BCUT2D eigenvalue weighted by Gasteiger charge is -2.36. The van der Waals surface area contributed by atoms with E-state index in [2.05, 4.69) is 24.1 Å². The Morgan fingerprint density at radius 2 is 1.76 bits per heavy atom. The van der Waals surface area contributed by atoms with Crippen molar-refractivity contribution in [2.45, 2.75) is 70.2 Å². The standard InChI is InChI=1S/C20H30N2O3/c1-15-13-22(14-16(2)25-15)18-8-6-17(7-9-18)21-19(23)12-20(24)10-4-3-5-11-20/h6-9,15-16,24H,3-5,10-14H2,1-2H3,(H,21,23). The van der Waals surface area contributed by atoms with Crippen LogP contribution in [-0.2, 0) is 9.53 Å². The second-order valence-corrected chi connectivity index (χ2v) is 7.72. The Morgan fingerprint density at radius 1 is 1.16 bits per heavy atom. The van der Waals surface area contributed by atoms with Crippen molar-refractivity contribution in [2.24, 2.45) is 0 Å². The van der Waals surface area contributed by atoms with E-state index in [9.17, 15) is 9.90 Å². The van der Waals surface area contributed by atoms with E-state index in [0.717, 1.165) is 56.6 Å². The maximum atomic E-state index is 12.3. The van der Waals surface area contributed by atoms with Crippen LogP contribution < -0.4 is 10.2 Å². The Balaban J connectivity index is 1.56. The van der Waals surface area contributed by atoms with Crippen LogP contribution in [0.5, 0.6) is 0 Å². The van der Waals surface area contributed by atoms with E-state index in [0.29, 0.717) is 0 Å². The second kappa shape index (κ2) is 7.75. The molecule has 5 nitrogen and oxygen atoms in total. The number of benzene rings is 1. The summed E-state index contributed by atoms with van der Waals surface area (Å²) in [5, 5.41) is 13.4. The van der Waals surface area contributed by atoms with Crippen molar-refractivity contribution in [3.8, 4) is 0 Å². The Bertz CT molecular complexity index is 571. The molecule has 1 saturated carbocycles. The maximum Gasteiger partial charge on any atom is 0.227 e. The second-order valence-electron chi connectivity index (χ2n) is 7.72. The van der Waals surface area contributed by atoms with Gasteiger partial charge in [-0.25, -0.2) is 0 Å². The van der Waals surface area contributed by atoms with Crippen LogP contribution in [0.1, 0.15) is 52.4 Å². The molecule has 0 radical (unpaired) electrons. The van der Waals surface area contributed by atoms with E-state index >= 15 is 0 Å². The van der Waals surface area contributed by atoms with Crippen LogP contribution in [0.25, 0.3) is 0 Å². The van der Waals surface area contributed by atoms with Crippen molar-refractivity contribution in [2.75, 3.05) is 23.3 Å². The number of morpholine rings is 1. The predicted octanol–water partition coefficient (Wildman–Crippen LogP) is 3.32. The third-order valence-corrected chi connectivity index (χ3v) is 5.21. The first-order valence-corrected chi connectivity index (χ1v) is 9.46. The van der Waals surface area contributed by atoms with Crippen LogP contribution in [0.4, 0.5) is 11.4 Å². The fraction of sp³-hybridized carbons (Fsp3) is 0.650. The number of amides is 1. The van der Waals surface area contributed by atoms with E-state index in [1.165, 1.54) is 0 Å². The first kappa shape index (κ1) is 18.2. The van der Waals surface area contributed by atoms with Crippen LogP contribution in [-0.4, -0.2) is 41.9 Å². The Hall–Kier alpha value is -1.59. The van der Waals surface area contributed by atoms with E-state index in [1.54, 1.807) is 0 Å². The number of carbonyl (C=O) groups is 1. The summed E-state index contributed by atoms with van der Waals surface area (Å²) in [5.41, 5.74) is 1.11. The molecule has 0 spiro atoms. The quantitative estimate of drug-likeness (QED) is 0.878. The number of nitrogens with zero attached hydrogens (tertiary/aromatic N) is 1. The summed E-state index contributed by atoms with van der Waals surface area (Å²) in [6.07, 6.45) is 5.26. The van der Waals surface area contributed by atoms with Crippen LogP contribution in [0, 0.1) is 0 Å². The number of hydrogen-bond donors (Lipinski definition) is 2. The number of nitrogens with one attached hydrogen (secondary N) is 1. The molecule has 2 unspecified atom stereocenters. The smallest absolute Gasteiger partial charge is 0.227 e. The molecule has 1 aliphatic carbocycles. The third kappa shape index (κ3) is 4.95. The normalized spacial score (nSPS) is 26.3. The van der Waals surface area contributed by atoms with Gasteiger partial charge in [0.15, 0.2) is 0 Å². The predicted molar refractivity (Wildman–Crippen MR) is 99.9 cm³/mol. The van der Waals surface area contributed by atoms with Crippen molar-refractivity contribution in [3.63, 3.8) is 0 Å². The minimum absolute atomic E-state index is 0.106. The molecule has 1 aromatic rings. The molecule has 2 fully saturated rings. The molecule has 1 amide bonds. The minimum atomic E-state index is -0.817. The average Bonchev–Trinajstić information content (AvgIpc) is 2.54. The van der Waals surface area contributed by atoms with Crippen LogP contribution >= 0.6 is 0 Å². The van der Waals surface area contributed by atoms with Gasteiger partial charge < -0.3 is 20.1 Å². The minimum Gasteiger partial charge on any atom is -0.389 e. The molecule has 1 heterocycles. The Labute approximate surface area is 150 Å². The molecule has 0 bridgehead atoms. The third-order valence-electron chi connectivity index (χ3n) is 5.21. The van der Waals surface area contributed by atoms with Crippen molar-refractivity contribution in [1.29, 1.82) is 0 Å². The van der Waals surface area contributed by atoms with Gasteiger partial charge in [0.05, 0.1) is 24.2 Å². The molecule has 25 heavy (non-hydrogen) atoms. The number of ether oxygens (including phenoxy) is 1. The fourth-order valence-electron chi connectivity index (χ4n) is 4.04. The number of rotatable bonds is 4. The number of aliphatic hydroxyl groups is 1. The summed E-state index contributed by atoms with van der Waals surface area (Å²) in [7, 11) is 0. The van der Waals surface area contributed by atoms with E-state index < -0.39 is 5.60 Å². The summed E-state index contributed by atoms with van der Waals surface area (Å²) in [6, 6.07) is 7.94. The number of hydrogen-bond acceptors (Lipinski definition) is 4. The molecule has 2 atom stereocenters. The van der Waals surface area contributed by atoms with Gasteiger partial charge in [-0.3, -0.25) is 4.79 Å². The van der Waals surface area contributed by atoms with Gasteiger partial charge in [-0.2, -0.15) is 0 Å². The molecule has 3 rings (SSSR count). The Kier molecular flexibility index (Phi) is 5.64. The lowest BCUT2D eigenvalue weighted by atomic mass is 9.82. The highest BCUT2D eigenvalue weighted by Crippen LogP contribution is 2.31. The molecule has 2 N–H and O–H groups in total. The highest BCUT2D eigenvalue weighted by molar-refractivity contribution is 5.91. The zero-order valence-electron chi connectivity index (χ0n) is 15.3. The number of carbonyl (C=O) groups excluding carboxylic acids is 1. The molecule has 138 valence electrons. The lowest BCUT2D eigenvalue weighted by Crippen LogP contribution is -2.45. The van der Waals surface area contributed by atoms with Crippen molar-refractivity contribution >= 4 is 17.3 Å². The molecule has 0 aromatic heterocycles. The van der Waals surface area contributed by atoms with Gasteiger partial charge in [0.25, 0.3) is 0 Å². The Morgan fingerprint density at radius 3 is 2.36 bits per heavy atom. The van der Waals surface area contributed by atoms with E-state index in [-0.39, 0.29) is 24.5 Å². The largest absolute Gasteiger partial charge is 0.389 e. The van der Waals surface area contributed by atoms with Crippen molar-refractivity contribution in [3.05, 3.63) is 24.3 Å². The topological polar surface area (TPSA) is 61.8 Å². The highest BCUT2D eigenvalue weighted by Gasteiger charge is 2.31. The van der Waals surface area contributed by atoms with Crippen molar-refractivity contribution in [1.82, 2.24) is 0 Å². The average molecular weight is 346 g/mol. The zero-order chi connectivity index (χ0) is 17.9. The van der Waals surface area contributed by atoms with Gasteiger partial charge in [0.1, 0.15) is 0 Å². The highest BCUT2D eigenvalue weighted by atomic mass is 16.5. The molecule has 2 aliphatic rings. The van der Waals surface area contributed by atoms with Crippen LogP contribution in [0.3, 0.4) is 0 Å². The molecule has 5 heteroatoms. The molecule has 1 aromatic carbocycles. The van der Waals surface area contributed by atoms with Gasteiger partial charge in [-0.1, -0.05) is 19.3 Å². The van der Waals surface area contributed by atoms with Crippen LogP contribution in [0.15, 0.2) is 24.3 Å². The molecule has 1 aliphatic heterocycles. The van der Waals surface area contributed by atoms with Crippen molar-refractivity contribution < 1.29 is 14.6 Å². The zero-order valence-corrected chi connectivity index (χ0v) is 15.3. The summed E-state index contributed by atoms with van der Waals surface area (Å²) in [5.74, 6) is -0.106. The van der Waals surface area contributed by atoms with Gasteiger partial charge in [-0.15, -0.1) is 0 Å². The summed E-state index contributed by atoms with van der Waals surface area (Å²) in [4.78, 5) is 14.6. The van der Waals surface area contributed by atoms with Gasteiger partial charge in [-0.05, 0) is 51.0 Å². The van der Waals surface area contributed by atoms with Gasteiger partial charge in [0.2, 0.25) is 5.91 Å². The van der Waals surface area contributed by atoms with Gasteiger partial charge in [0, 0.05) is 24.5 Å². The molecular formula is C20H30N2O3. The van der Waals surface area contributed by atoms with Crippen LogP contribution in [0.2, 0.25) is 0 Å². The maximum absolute atomic E-state index is 12.3. The first-order chi connectivity index (χ1) is 11.9. The fourth-order valence-corrected chi connectivity index (χ4v) is 4.04. The molecule has 1 saturated heterocycles. The first-order valence-electron chi connectivity index (χ1n) is 9.46. The lowest BCUT2D eigenvalue weighted by molar-refractivity contribution is -0.122. The summed E-state index contributed by atoms with van der Waals surface area (Å²) in [6.45, 7) is 5.94. The monoisotopic (exact) mass is 346 g/mol. The van der Waals surface area contributed by atoms with Gasteiger partial charge >= 0.3 is 0 Å². The summed E-state index contributed by atoms with van der Waals surface area (Å²) >= 11 is 0. The number of anilines is 2.